The van der Waals surface area contributed by atoms with Gasteiger partial charge >= 0.3 is 0 Å². The van der Waals surface area contributed by atoms with Crippen LogP contribution < -0.4 is 4.90 Å². The number of amides is 1. The van der Waals surface area contributed by atoms with Crippen molar-refractivity contribution >= 4 is 11.6 Å². The molecule has 0 spiro atoms. The second-order valence-electron chi connectivity index (χ2n) is 5.52. The van der Waals surface area contributed by atoms with Gasteiger partial charge in [-0.25, -0.2) is 0 Å². The van der Waals surface area contributed by atoms with Gasteiger partial charge in [0, 0.05) is 37.9 Å². The summed E-state index contributed by atoms with van der Waals surface area (Å²) < 4.78 is 0. The van der Waals surface area contributed by atoms with Crippen LogP contribution in [-0.4, -0.2) is 30.9 Å². The topological polar surface area (TPSA) is 23.6 Å². The van der Waals surface area contributed by atoms with Gasteiger partial charge < -0.3 is 9.80 Å². The lowest BCUT2D eigenvalue weighted by molar-refractivity contribution is 0.0762. The Morgan fingerprint density at radius 1 is 1.09 bits per heavy atom. The lowest BCUT2D eigenvalue weighted by Gasteiger charge is -2.22. The summed E-state index contributed by atoms with van der Waals surface area (Å²) >= 11 is 0. The van der Waals surface area contributed by atoms with Crippen molar-refractivity contribution in [2.24, 2.45) is 0 Å². The molecule has 0 bridgehead atoms. The maximum atomic E-state index is 12.8. The Kier molecular flexibility index (Phi) is 5.98. The fourth-order valence-electron chi connectivity index (χ4n) is 2.40. The highest BCUT2D eigenvalue weighted by Gasteiger charge is 2.15. The SMILES string of the molecule is C=CCN(Cc1ccccc1)C(=O)c1ccc(N(C)CC)cc1. The van der Waals surface area contributed by atoms with E-state index in [1.54, 1.807) is 11.0 Å². The number of rotatable bonds is 7. The predicted molar refractivity (Wildman–Crippen MR) is 96.8 cm³/mol. The van der Waals surface area contributed by atoms with Crippen molar-refractivity contribution in [2.75, 3.05) is 25.0 Å². The molecule has 3 heteroatoms. The molecule has 0 fully saturated rings. The molecule has 2 rings (SSSR count). The summed E-state index contributed by atoms with van der Waals surface area (Å²) in [6.45, 7) is 7.92. The van der Waals surface area contributed by atoms with E-state index in [1.807, 2.05) is 61.6 Å². The van der Waals surface area contributed by atoms with Crippen molar-refractivity contribution < 1.29 is 4.79 Å². The summed E-state index contributed by atoms with van der Waals surface area (Å²) in [7, 11) is 2.04. The van der Waals surface area contributed by atoms with E-state index in [2.05, 4.69) is 18.4 Å². The summed E-state index contributed by atoms with van der Waals surface area (Å²) in [5.41, 5.74) is 2.93. The number of nitrogens with zero attached hydrogens (tertiary/aromatic N) is 2. The van der Waals surface area contributed by atoms with Gasteiger partial charge in [-0.1, -0.05) is 36.4 Å². The van der Waals surface area contributed by atoms with E-state index in [-0.39, 0.29) is 5.91 Å². The third-order valence-electron chi connectivity index (χ3n) is 3.88. The summed E-state index contributed by atoms with van der Waals surface area (Å²) in [5, 5.41) is 0. The van der Waals surface area contributed by atoms with Crippen molar-refractivity contribution in [3.8, 4) is 0 Å². The van der Waals surface area contributed by atoms with Crippen molar-refractivity contribution in [1.29, 1.82) is 0 Å². The molecule has 0 aliphatic carbocycles. The van der Waals surface area contributed by atoms with Crippen LogP contribution in [0.4, 0.5) is 5.69 Å². The minimum atomic E-state index is 0.0273. The summed E-state index contributed by atoms with van der Waals surface area (Å²) in [4.78, 5) is 16.7. The van der Waals surface area contributed by atoms with Crippen LogP contribution in [0.1, 0.15) is 22.8 Å². The Labute approximate surface area is 138 Å². The van der Waals surface area contributed by atoms with Gasteiger partial charge in [-0.3, -0.25) is 4.79 Å². The molecular weight excluding hydrogens is 284 g/mol. The molecule has 120 valence electrons. The first-order valence-corrected chi connectivity index (χ1v) is 7.91. The second-order valence-corrected chi connectivity index (χ2v) is 5.52. The van der Waals surface area contributed by atoms with Crippen LogP contribution in [0.25, 0.3) is 0 Å². The molecule has 0 aliphatic heterocycles. The lowest BCUT2D eigenvalue weighted by atomic mass is 10.1. The van der Waals surface area contributed by atoms with E-state index in [0.717, 1.165) is 17.8 Å². The van der Waals surface area contributed by atoms with Crippen LogP contribution in [0.2, 0.25) is 0 Å². The van der Waals surface area contributed by atoms with Crippen LogP contribution in [0.15, 0.2) is 67.3 Å². The first kappa shape index (κ1) is 16.8. The quantitative estimate of drug-likeness (QED) is 0.723. The maximum Gasteiger partial charge on any atom is 0.254 e. The highest BCUT2D eigenvalue weighted by Crippen LogP contribution is 2.16. The molecule has 0 aliphatic rings. The van der Waals surface area contributed by atoms with Crippen molar-refractivity contribution in [2.45, 2.75) is 13.5 Å². The van der Waals surface area contributed by atoms with Gasteiger partial charge in [0.1, 0.15) is 0 Å². The molecule has 2 aromatic carbocycles. The molecule has 0 saturated carbocycles. The van der Waals surface area contributed by atoms with Crippen LogP contribution in [0.3, 0.4) is 0 Å². The van der Waals surface area contributed by atoms with Gasteiger partial charge in [0.15, 0.2) is 0 Å². The normalized spacial score (nSPS) is 10.2. The molecule has 0 heterocycles. The van der Waals surface area contributed by atoms with Gasteiger partial charge in [0.05, 0.1) is 0 Å². The minimum absolute atomic E-state index is 0.0273. The van der Waals surface area contributed by atoms with Crippen LogP contribution in [0.5, 0.6) is 0 Å². The minimum Gasteiger partial charge on any atom is -0.375 e. The Hall–Kier alpha value is -2.55. The van der Waals surface area contributed by atoms with E-state index in [1.165, 1.54) is 0 Å². The van der Waals surface area contributed by atoms with Crippen molar-refractivity contribution in [1.82, 2.24) is 4.90 Å². The van der Waals surface area contributed by atoms with Gasteiger partial charge in [0.2, 0.25) is 0 Å². The van der Waals surface area contributed by atoms with E-state index < -0.39 is 0 Å². The average molecular weight is 308 g/mol. The lowest BCUT2D eigenvalue weighted by Crippen LogP contribution is -2.30. The fourth-order valence-corrected chi connectivity index (χ4v) is 2.40. The molecule has 0 unspecified atom stereocenters. The molecule has 0 atom stereocenters. The van der Waals surface area contributed by atoms with Crippen molar-refractivity contribution in [3.05, 3.63) is 78.4 Å². The average Bonchev–Trinajstić information content (AvgIpc) is 2.61. The zero-order chi connectivity index (χ0) is 16.7. The Bertz CT molecular complexity index is 634. The Balaban J connectivity index is 2.15. The number of hydrogen-bond acceptors (Lipinski definition) is 2. The molecule has 0 aromatic heterocycles. The number of carbonyl (C=O) groups is 1. The number of anilines is 1. The monoisotopic (exact) mass is 308 g/mol. The van der Waals surface area contributed by atoms with E-state index >= 15 is 0 Å². The van der Waals surface area contributed by atoms with Gasteiger partial charge in [0.25, 0.3) is 5.91 Å². The highest BCUT2D eigenvalue weighted by molar-refractivity contribution is 5.94. The molecule has 0 radical (unpaired) electrons. The van der Waals surface area contributed by atoms with E-state index in [9.17, 15) is 4.79 Å². The van der Waals surface area contributed by atoms with Crippen LogP contribution in [-0.2, 0) is 6.54 Å². The molecule has 3 nitrogen and oxygen atoms in total. The van der Waals surface area contributed by atoms with Crippen molar-refractivity contribution in [3.63, 3.8) is 0 Å². The fraction of sp³-hybridized carbons (Fsp3) is 0.250. The molecule has 23 heavy (non-hydrogen) atoms. The van der Waals surface area contributed by atoms with Gasteiger partial charge in [-0.05, 0) is 36.8 Å². The molecule has 0 saturated heterocycles. The number of hydrogen-bond donors (Lipinski definition) is 0. The molecular formula is C20H24N2O. The standard InChI is InChI=1S/C20H24N2O/c1-4-15-22(16-17-9-7-6-8-10-17)20(23)18-11-13-19(14-12-18)21(3)5-2/h4,6-14H,1,5,15-16H2,2-3H3. The molecule has 0 N–H and O–H groups in total. The first-order valence-electron chi connectivity index (χ1n) is 7.91. The first-order chi connectivity index (χ1) is 11.2. The van der Waals surface area contributed by atoms with Gasteiger partial charge in [-0.15, -0.1) is 6.58 Å². The maximum absolute atomic E-state index is 12.8. The number of benzene rings is 2. The smallest absolute Gasteiger partial charge is 0.254 e. The Morgan fingerprint density at radius 2 is 1.74 bits per heavy atom. The van der Waals surface area contributed by atoms with Crippen LogP contribution >= 0.6 is 0 Å². The largest absolute Gasteiger partial charge is 0.375 e. The van der Waals surface area contributed by atoms with E-state index in [0.29, 0.717) is 18.7 Å². The molecule has 2 aromatic rings. The summed E-state index contributed by atoms with van der Waals surface area (Å²) in [6.07, 6.45) is 1.76. The zero-order valence-corrected chi connectivity index (χ0v) is 13.9. The van der Waals surface area contributed by atoms with Crippen LogP contribution in [0, 0.1) is 0 Å². The zero-order valence-electron chi connectivity index (χ0n) is 13.9. The predicted octanol–water partition coefficient (Wildman–Crippen LogP) is 3.97. The summed E-state index contributed by atoms with van der Waals surface area (Å²) in [5.74, 6) is 0.0273. The third kappa shape index (κ3) is 4.46. The third-order valence-corrected chi connectivity index (χ3v) is 3.88. The highest BCUT2D eigenvalue weighted by atomic mass is 16.2. The summed E-state index contributed by atoms with van der Waals surface area (Å²) in [6, 6.07) is 17.8. The molecule has 1 amide bonds. The Morgan fingerprint density at radius 3 is 2.30 bits per heavy atom. The van der Waals surface area contributed by atoms with E-state index in [4.69, 9.17) is 0 Å². The second kappa shape index (κ2) is 8.18. The number of carbonyl (C=O) groups excluding carboxylic acids is 1. The van der Waals surface area contributed by atoms with Gasteiger partial charge in [-0.2, -0.15) is 0 Å².